The van der Waals surface area contributed by atoms with E-state index >= 15 is 0 Å². The first-order valence-electron chi connectivity index (χ1n) is 7.03. The van der Waals surface area contributed by atoms with Crippen molar-refractivity contribution in [3.63, 3.8) is 0 Å². The van der Waals surface area contributed by atoms with Crippen LogP contribution < -0.4 is 5.32 Å². The molecule has 1 atom stereocenters. The van der Waals surface area contributed by atoms with Crippen molar-refractivity contribution >= 4 is 11.7 Å². The van der Waals surface area contributed by atoms with Crippen LogP contribution in [0.1, 0.15) is 37.9 Å². The number of hydrogen-bond acceptors (Lipinski definition) is 2. The van der Waals surface area contributed by atoms with Crippen LogP contribution in [-0.2, 0) is 10.2 Å². The molecule has 3 nitrogen and oxygen atoms in total. The predicted octanol–water partition coefficient (Wildman–Crippen LogP) is 4.22. The lowest BCUT2D eigenvalue weighted by Crippen LogP contribution is -2.23. The molecule has 3 heteroatoms. The highest BCUT2D eigenvalue weighted by Gasteiger charge is 2.23. The minimum absolute atomic E-state index is 0.0522. The van der Waals surface area contributed by atoms with E-state index in [1.807, 2.05) is 54.6 Å². The minimum atomic E-state index is -0.884. The molecule has 2 N–H and O–H groups in total. The summed E-state index contributed by atoms with van der Waals surface area (Å²) in [7, 11) is 0. The second-order valence-corrected chi connectivity index (χ2v) is 6.12. The molecule has 0 aliphatic rings. The van der Waals surface area contributed by atoms with Crippen LogP contribution in [0.3, 0.4) is 0 Å². The molecule has 21 heavy (non-hydrogen) atoms. The van der Waals surface area contributed by atoms with Crippen LogP contribution in [0.4, 0.5) is 5.69 Å². The number of para-hydroxylation sites is 1. The maximum atomic E-state index is 11.6. The van der Waals surface area contributed by atoms with Gasteiger partial charge >= 0.3 is 5.97 Å². The summed E-state index contributed by atoms with van der Waals surface area (Å²) < 4.78 is 0. The minimum Gasteiger partial charge on any atom is -0.479 e. The number of carbonyl (C=O) groups is 1. The van der Waals surface area contributed by atoms with Gasteiger partial charge in [-0.05, 0) is 22.6 Å². The Bertz CT molecular complexity index is 615. The molecule has 0 fully saturated rings. The van der Waals surface area contributed by atoms with Crippen LogP contribution in [0.25, 0.3) is 0 Å². The van der Waals surface area contributed by atoms with E-state index in [4.69, 9.17) is 0 Å². The summed E-state index contributed by atoms with van der Waals surface area (Å²) in [5.74, 6) is -0.884. The summed E-state index contributed by atoms with van der Waals surface area (Å²) in [5, 5.41) is 12.7. The molecule has 110 valence electrons. The molecule has 1 unspecified atom stereocenters. The van der Waals surface area contributed by atoms with Crippen molar-refractivity contribution in [1.82, 2.24) is 0 Å². The van der Waals surface area contributed by atoms with Gasteiger partial charge in [0.1, 0.15) is 0 Å². The van der Waals surface area contributed by atoms with Crippen molar-refractivity contribution in [3.05, 3.63) is 65.7 Å². The number of rotatable bonds is 4. The maximum absolute atomic E-state index is 11.6. The van der Waals surface area contributed by atoms with E-state index in [1.165, 1.54) is 0 Å². The van der Waals surface area contributed by atoms with Crippen LogP contribution in [0.2, 0.25) is 0 Å². The molecule has 0 saturated carbocycles. The molecule has 0 bridgehead atoms. The van der Waals surface area contributed by atoms with Crippen LogP contribution in [0, 0.1) is 0 Å². The fourth-order valence-electron chi connectivity index (χ4n) is 2.35. The molecule has 0 aromatic heterocycles. The van der Waals surface area contributed by atoms with Gasteiger partial charge in [0.05, 0.1) is 0 Å². The van der Waals surface area contributed by atoms with E-state index in [0.717, 1.165) is 16.8 Å². The first kappa shape index (κ1) is 15.1. The van der Waals surface area contributed by atoms with Gasteiger partial charge in [0.25, 0.3) is 0 Å². The molecule has 2 rings (SSSR count). The SMILES string of the molecule is CC(C)(C)c1ccccc1NC(C(=O)O)c1ccccc1. The Kier molecular flexibility index (Phi) is 4.32. The van der Waals surface area contributed by atoms with Gasteiger partial charge in [-0.3, -0.25) is 0 Å². The topological polar surface area (TPSA) is 49.3 Å². The Labute approximate surface area is 125 Å². The lowest BCUT2D eigenvalue weighted by molar-refractivity contribution is -0.138. The molecule has 0 aliphatic carbocycles. The van der Waals surface area contributed by atoms with E-state index in [9.17, 15) is 9.90 Å². The van der Waals surface area contributed by atoms with Gasteiger partial charge in [-0.15, -0.1) is 0 Å². The Morgan fingerprint density at radius 1 is 1.00 bits per heavy atom. The third kappa shape index (κ3) is 3.63. The number of carboxylic acid groups (broad SMARTS) is 1. The standard InChI is InChI=1S/C18H21NO2/c1-18(2,3)14-11-7-8-12-15(14)19-16(17(20)21)13-9-5-4-6-10-13/h4-12,16,19H,1-3H3,(H,20,21). The van der Waals surface area contributed by atoms with Crippen LogP contribution in [-0.4, -0.2) is 11.1 Å². The molecule has 0 spiro atoms. The monoisotopic (exact) mass is 283 g/mol. The van der Waals surface area contributed by atoms with Crippen molar-refractivity contribution in [2.45, 2.75) is 32.2 Å². The Morgan fingerprint density at radius 2 is 1.57 bits per heavy atom. The molecule has 0 heterocycles. The molecular formula is C18H21NO2. The van der Waals surface area contributed by atoms with Gasteiger partial charge in [0.15, 0.2) is 6.04 Å². The number of nitrogens with one attached hydrogen (secondary N) is 1. The van der Waals surface area contributed by atoms with E-state index in [-0.39, 0.29) is 5.41 Å². The lowest BCUT2D eigenvalue weighted by Gasteiger charge is -2.25. The second kappa shape index (κ2) is 6.00. The highest BCUT2D eigenvalue weighted by molar-refractivity contribution is 5.79. The number of carboxylic acids is 1. The first-order valence-corrected chi connectivity index (χ1v) is 7.03. The predicted molar refractivity (Wildman–Crippen MR) is 85.6 cm³/mol. The summed E-state index contributed by atoms with van der Waals surface area (Å²) >= 11 is 0. The van der Waals surface area contributed by atoms with Gasteiger partial charge in [0.2, 0.25) is 0 Å². The molecule has 0 radical (unpaired) electrons. The van der Waals surface area contributed by atoms with Crippen molar-refractivity contribution in [2.75, 3.05) is 5.32 Å². The molecule has 2 aromatic rings. The van der Waals surface area contributed by atoms with Crippen LogP contribution >= 0.6 is 0 Å². The Hall–Kier alpha value is -2.29. The number of hydrogen-bond donors (Lipinski definition) is 2. The number of benzene rings is 2. The summed E-state index contributed by atoms with van der Waals surface area (Å²) in [6, 6.07) is 16.3. The highest BCUT2D eigenvalue weighted by atomic mass is 16.4. The van der Waals surface area contributed by atoms with Crippen LogP contribution in [0.15, 0.2) is 54.6 Å². The van der Waals surface area contributed by atoms with Crippen molar-refractivity contribution in [1.29, 1.82) is 0 Å². The lowest BCUT2D eigenvalue weighted by atomic mass is 9.85. The van der Waals surface area contributed by atoms with Crippen molar-refractivity contribution in [2.24, 2.45) is 0 Å². The third-order valence-corrected chi connectivity index (χ3v) is 3.41. The van der Waals surface area contributed by atoms with Crippen molar-refractivity contribution < 1.29 is 9.90 Å². The summed E-state index contributed by atoms with van der Waals surface area (Å²) in [6.45, 7) is 6.35. The molecule has 0 saturated heterocycles. The number of aliphatic carboxylic acids is 1. The summed E-state index contributed by atoms with van der Waals surface area (Å²) in [6.07, 6.45) is 0. The Morgan fingerprint density at radius 3 is 2.14 bits per heavy atom. The molecular weight excluding hydrogens is 262 g/mol. The zero-order valence-electron chi connectivity index (χ0n) is 12.6. The smallest absolute Gasteiger partial charge is 0.330 e. The number of anilines is 1. The van der Waals surface area contributed by atoms with E-state index in [1.54, 1.807) is 0 Å². The average molecular weight is 283 g/mol. The maximum Gasteiger partial charge on any atom is 0.330 e. The third-order valence-electron chi connectivity index (χ3n) is 3.41. The fourth-order valence-corrected chi connectivity index (χ4v) is 2.35. The molecule has 0 amide bonds. The first-order chi connectivity index (χ1) is 9.89. The Balaban J connectivity index is 2.37. The largest absolute Gasteiger partial charge is 0.479 e. The van der Waals surface area contributed by atoms with Gasteiger partial charge in [-0.1, -0.05) is 69.3 Å². The van der Waals surface area contributed by atoms with E-state index in [2.05, 4.69) is 26.1 Å². The van der Waals surface area contributed by atoms with Crippen LogP contribution in [0.5, 0.6) is 0 Å². The van der Waals surface area contributed by atoms with Gasteiger partial charge < -0.3 is 10.4 Å². The van der Waals surface area contributed by atoms with E-state index in [0.29, 0.717) is 0 Å². The van der Waals surface area contributed by atoms with Gasteiger partial charge in [-0.2, -0.15) is 0 Å². The highest BCUT2D eigenvalue weighted by Crippen LogP contribution is 2.31. The van der Waals surface area contributed by atoms with Crippen molar-refractivity contribution in [3.8, 4) is 0 Å². The van der Waals surface area contributed by atoms with E-state index < -0.39 is 12.0 Å². The zero-order chi connectivity index (χ0) is 15.5. The average Bonchev–Trinajstić information content (AvgIpc) is 2.44. The van der Waals surface area contributed by atoms with Gasteiger partial charge in [0, 0.05) is 5.69 Å². The van der Waals surface area contributed by atoms with Gasteiger partial charge in [-0.25, -0.2) is 4.79 Å². The molecule has 2 aromatic carbocycles. The quantitative estimate of drug-likeness (QED) is 0.883. The molecule has 0 aliphatic heterocycles. The summed E-state index contributed by atoms with van der Waals surface area (Å²) in [4.78, 5) is 11.6. The summed E-state index contributed by atoms with van der Waals surface area (Å²) in [5.41, 5.74) is 2.66. The zero-order valence-corrected chi connectivity index (χ0v) is 12.6. The fraction of sp³-hybridized carbons (Fsp3) is 0.278. The normalized spacial score (nSPS) is 12.7. The second-order valence-electron chi connectivity index (χ2n) is 6.12.